The summed E-state index contributed by atoms with van der Waals surface area (Å²) in [5.74, 6) is -0.676. The highest BCUT2D eigenvalue weighted by atomic mass is 31.2. The molecule has 2 aromatic heterocycles. The average Bonchev–Trinajstić information content (AvgIpc) is 3.49. The molecule has 1 atom stereocenters. The number of carbonyl (C=O) groups is 1. The van der Waals surface area contributed by atoms with E-state index < -0.39 is 26.2 Å². The first kappa shape index (κ1) is 33.5. The molecule has 48 heavy (non-hydrogen) atoms. The number of phosphoric acid groups is 1. The summed E-state index contributed by atoms with van der Waals surface area (Å²) in [6.07, 6.45) is 0.114. The number of phosphoric ester groups is 1. The molecule has 248 valence electrons. The minimum atomic E-state index is -4.21. The Labute approximate surface area is 278 Å². The molecule has 7 rings (SSSR count). The lowest BCUT2D eigenvalue weighted by Crippen LogP contribution is -2.46. The third-order valence-corrected chi connectivity index (χ3v) is 9.68. The fraction of sp³-hybridized carbons (Fsp3) is 0.270. The summed E-state index contributed by atoms with van der Waals surface area (Å²) < 4.78 is 44.2. The zero-order valence-electron chi connectivity index (χ0n) is 27.1. The standard InChI is InChI=1S/C35H31N2O8P.C2H6/c1-2-35(42-23-45-46(40,43-20-24-11-5-3-6-12-24)44-21-25-13-7-4-8-14-25)29-18-31-32-27(17-26-15-9-10-16-30(26)36-32)19-37(31)33(38)28(29)22-41-34(35)39;1-2/h3-18H,2,19-23H2,1H3;1-2H3/t35-;/m0./s1. The monoisotopic (exact) mass is 668 g/mol. The van der Waals surface area contributed by atoms with Gasteiger partial charge < -0.3 is 14.0 Å². The van der Waals surface area contributed by atoms with E-state index in [1.165, 1.54) is 0 Å². The van der Waals surface area contributed by atoms with Gasteiger partial charge in [-0.25, -0.2) is 14.3 Å². The van der Waals surface area contributed by atoms with Crippen LogP contribution < -0.4 is 5.56 Å². The van der Waals surface area contributed by atoms with Crippen molar-refractivity contribution in [3.05, 3.63) is 135 Å². The molecule has 5 aromatic rings. The second kappa shape index (κ2) is 14.4. The number of hydrogen-bond donors (Lipinski definition) is 0. The lowest BCUT2D eigenvalue weighted by atomic mass is 9.85. The molecule has 0 unspecified atom stereocenters. The number of aromatic nitrogens is 2. The maximum atomic E-state index is 13.8. The van der Waals surface area contributed by atoms with Crippen LogP contribution in [0.15, 0.2) is 102 Å². The SMILES string of the molecule is CC.CC[C@@]1(OCOP(=O)(OCc2ccccc2)OCc2ccccc2)C(=O)OCc2c1cc1n(c2=O)Cc2cc3ccccc3nc2-1. The molecule has 0 saturated carbocycles. The number of fused-ring (bicyclic) bond motifs is 5. The zero-order chi connectivity index (χ0) is 33.7. The third kappa shape index (κ3) is 6.50. The molecule has 0 spiro atoms. The lowest BCUT2D eigenvalue weighted by molar-refractivity contribution is -0.193. The van der Waals surface area contributed by atoms with Crippen LogP contribution >= 0.6 is 7.82 Å². The van der Waals surface area contributed by atoms with E-state index in [2.05, 4.69) is 0 Å². The van der Waals surface area contributed by atoms with Gasteiger partial charge in [-0.3, -0.25) is 18.4 Å². The van der Waals surface area contributed by atoms with Gasteiger partial charge in [0.1, 0.15) is 6.61 Å². The van der Waals surface area contributed by atoms with E-state index in [1.54, 1.807) is 17.6 Å². The van der Waals surface area contributed by atoms with Crippen molar-refractivity contribution in [3.8, 4) is 11.4 Å². The van der Waals surface area contributed by atoms with Crippen molar-refractivity contribution < 1.29 is 32.4 Å². The summed E-state index contributed by atoms with van der Waals surface area (Å²) in [5, 5.41) is 0.974. The van der Waals surface area contributed by atoms with E-state index in [4.69, 9.17) is 28.0 Å². The summed E-state index contributed by atoms with van der Waals surface area (Å²) in [6, 6.07) is 30.0. The molecule has 0 bridgehead atoms. The van der Waals surface area contributed by atoms with Crippen LogP contribution in [0.1, 0.15) is 55.0 Å². The molecule has 0 N–H and O–H groups in total. The molecule has 0 saturated heterocycles. The topological polar surface area (TPSA) is 115 Å². The first-order chi connectivity index (χ1) is 23.4. The van der Waals surface area contributed by atoms with Gasteiger partial charge >= 0.3 is 13.8 Å². The molecule has 2 aliphatic rings. The molecule has 0 amide bonds. The van der Waals surface area contributed by atoms with E-state index in [-0.39, 0.29) is 31.8 Å². The summed E-state index contributed by atoms with van der Waals surface area (Å²) in [6.45, 7) is 5.19. The number of para-hydroxylation sites is 1. The second-order valence-electron chi connectivity index (χ2n) is 11.1. The van der Waals surface area contributed by atoms with Gasteiger partial charge in [0.25, 0.3) is 5.56 Å². The van der Waals surface area contributed by atoms with Crippen molar-refractivity contribution >= 4 is 24.7 Å². The Kier molecular flexibility index (Phi) is 10.0. The Hall–Kier alpha value is -4.44. The van der Waals surface area contributed by atoms with Crippen LogP contribution in [0.5, 0.6) is 0 Å². The van der Waals surface area contributed by atoms with Gasteiger partial charge in [0, 0.05) is 16.5 Å². The Balaban J connectivity index is 0.00000197. The smallest absolute Gasteiger partial charge is 0.458 e. The molecule has 3 aromatic carbocycles. The van der Waals surface area contributed by atoms with Gasteiger partial charge in [-0.2, -0.15) is 0 Å². The maximum absolute atomic E-state index is 13.8. The van der Waals surface area contributed by atoms with Crippen LogP contribution in [0, 0.1) is 0 Å². The number of ether oxygens (including phenoxy) is 2. The van der Waals surface area contributed by atoms with Crippen molar-refractivity contribution in [1.29, 1.82) is 0 Å². The average molecular weight is 669 g/mol. The largest absolute Gasteiger partial charge is 0.477 e. The number of carbonyl (C=O) groups excluding carboxylic acids is 1. The Morgan fingerprint density at radius 3 is 2.12 bits per heavy atom. The minimum absolute atomic E-state index is 0.0410. The van der Waals surface area contributed by atoms with E-state index in [0.29, 0.717) is 29.1 Å². The van der Waals surface area contributed by atoms with Crippen molar-refractivity contribution in [3.63, 3.8) is 0 Å². The quantitative estimate of drug-likeness (QED) is 0.0780. The van der Waals surface area contributed by atoms with Crippen molar-refractivity contribution in [1.82, 2.24) is 9.55 Å². The summed E-state index contributed by atoms with van der Waals surface area (Å²) in [4.78, 5) is 32.1. The van der Waals surface area contributed by atoms with E-state index >= 15 is 0 Å². The Morgan fingerprint density at radius 1 is 0.854 bits per heavy atom. The van der Waals surface area contributed by atoms with Gasteiger partial charge in [-0.1, -0.05) is 99.6 Å². The molecule has 10 nitrogen and oxygen atoms in total. The van der Waals surface area contributed by atoms with Crippen LogP contribution in [0.4, 0.5) is 0 Å². The van der Waals surface area contributed by atoms with Gasteiger partial charge in [-0.05, 0) is 35.7 Å². The van der Waals surface area contributed by atoms with Crippen molar-refractivity contribution in [2.75, 3.05) is 6.79 Å². The van der Waals surface area contributed by atoms with E-state index in [1.807, 2.05) is 105 Å². The number of hydrogen-bond acceptors (Lipinski definition) is 9. The first-order valence-corrected chi connectivity index (χ1v) is 17.4. The van der Waals surface area contributed by atoms with Crippen LogP contribution in [-0.4, -0.2) is 22.3 Å². The normalized spacial score (nSPS) is 16.4. The highest BCUT2D eigenvalue weighted by Gasteiger charge is 2.49. The molecule has 4 heterocycles. The number of benzene rings is 3. The fourth-order valence-electron chi connectivity index (χ4n) is 5.91. The van der Waals surface area contributed by atoms with Gasteiger partial charge in [0.2, 0.25) is 0 Å². The third-order valence-electron chi connectivity index (χ3n) is 8.37. The van der Waals surface area contributed by atoms with Crippen LogP contribution in [0.3, 0.4) is 0 Å². The highest BCUT2D eigenvalue weighted by Crippen LogP contribution is 2.52. The van der Waals surface area contributed by atoms with Gasteiger partial charge in [0.15, 0.2) is 12.4 Å². The Bertz CT molecular complexity index is 1990. The Morgan fingerprint density at radius 2 is 1.48 bits per heavy atom. The van der Waals surface area contributed by atoms with Gasteiger partial charge in [-0.15, -0.1) is 0 Å². The second-order valence-corrected chi connectivity index (χ2v) is 12.8. The van der Waals surface area contributed by atoms with Crippen LogP contribution in [0.2, 0.25) is 0 Å². The maximum Gasteiger partial charge on any atom is 0.477 e. The van der Waals surface area contributed by atoms with Crippen molar-refractivity contribution in [2.45, 2.75) is 59.2 Å². The molecule has 0 aliphatic carbocycles. The predicted molar refractivity (Wildman–Crippen MR) is 181 cm³/mol. The van der Waals surface area contributed by atoms with Crippen molar-refractivity contribution in [2.24, 2.45) is 0 Å². The number of esters is 1. The number of rotatable bonds is 11. The first-order valence-electron chi connectivity index (χ1n) is 16.0. The number of pyridine rings is 2. The molecular weight excluding hydrogens is 631 g/mol. The predicted octanol–water partition coefficient (Wildman–Crippen LogP) is 7.65. The van der Waals surface area contributed by atoms with Crippen LogP contribution in [0.25, 0.3) is 22.3 Å². The van der Waals surface area contributed by atoms with Crippen LogP contribution in [-0.2, 0) is 64.4 Å². The lowest BCUT2D eigenvalue weighted by Gasteiger charge is -2.36. The minimum Gasteiger partial charge on any atom is -0.458 e. The summed E-state index contributed by atoms with van der Waals surface area (Å²) in [5.41, 5.74) is 3.19. The van der Waals surface area contributed by atoms with Gasteiger partial charge in [0.05, 0.1) is 42.2 Å². The summed E-state index contributed by atoms with van der Waals surface area (Å²) in [7, 11) is -4.21. The zero-order valence-corrected chi connectivity index (χ0v) is 28.0. The molecule has 11 heteroatoms. The fourth-order valence-corrected chi connectivity index (χ4v) is 6.93. The molecule has 0 fully saturated rings. The number of nitrogens with zero attached hydrogens (tertiary/aromatic N) is 2. The molecule has 2 aliphatic heterocycles. The highest BCUT2D eigenvalue weighted by molar-refractivity contribution is 7.48. The number of cyclic esters (lactones) is 1. The molecule has 0 radical (unpaired) electrons. The van der Waals surface area contributed by atoms with E-state index in [0.717, 1.165) is 27.6 Å². The van der Waals surface area contributed by atoms with E-state index in [9.17, 15) is 14.2 Å². The molecular formula is C37H37N2O8P. The summed E-state index contributed by atoms with van der Waals surface area (Å²) >= 11 is 0.